The van der Waals surface area contributed by atoms with Crippen LogP contribution in [0.15, 0.2) is 54.6 Å². The number of ether oxygens (including phenoxy) is 1. The van der Waals surface area contributed by atoms with Crippen LogP contribution in [0.2, 0.25) is 0 Å². The van der Waals surface area contributed by atoms with Gasteiger partial charge in [0.05, 0.1) is 11.8 Å². The van der Waals surface area contributed by atoms with Gasteiger partial charge in [0.25, 0.3) is 0 Å². The molecule has 0 unspecified atom stereocenters. The summed E-state index contributed by atoms with van der Waals surface area (Å²) in [7, 11) is 0. The number of rotatable bonds is 7. The molecule has 0 heterocycles. The number of nitrogens with one attached hydrogen (secondary N) is 2. The zero-order valence-corrected chi connectivity index (χ0v) is 13.9. The minimum atomic E-state index is -0.323. The van der Waals surface area contributed by atoms with Crippen LogP contribution in [-0.4, -0.2) is 18.3 Å². The van der Waals surface area contributed by atoms with Crippen molar-refractivity contribution in [3.63, 3.8) is 0 Å². The molecule has 0 amide bonds. The van der Waals surface area contributed by atoms with E-state index in [1.165, 1.54) is 6.07 Å². The van der Waals surface area contributed by atoms with Crippen LogP contribution in [0.1, 0.15) is 25.0 Å². The van der Waals surface area contributed by atoms with Gasteiger partial charge in [0.15, 0.2) is 5.11 Å². The quantitative estimate of drug-likeness (QED) is 0.586. The summed E-state index contributed by atoms with van der Waals surface area (Å²) in [4.78, 5) is 0. The summed E-state index contributed by atoms with van der Waals surface area (Å²) in [6, 6.07) is 16.5. The van der Waals surface area contributed by atoms with E-state index in [4.69, 9.17) is 17.0 Å². The van der Waals surface area contributed by atoms with Gasteiger partial charge in [0, 0.05) is 13.2 Å². The molecule has 3 nitrogen and oxygen atoms in total. The van der Waals surface area contributed by atoms with Gasteiger partial charge in [-0.15, -0.1) is 0 Å². The molecule has 1 atom stereocenters. The second-order valence-electron chi connectivity index (χ2n) is 5.14. The van der Waals surface area contributed by atoms with E-state index in [1.54, 1.807) is 18.2 Å². The summed E-state index contributed by atoms with van der Waals surface area (Å²) in [6.45, 7) is 3.33. The molecule has 0 spiro atoms. The van der Waals surface area contributed by atoms with Gasteiger partial charge < -0.3 is 15.4 Å². The van der Waals surface area contributed by atoms with Gasteiger partial charge in [0.2, 0.25) is 0 Å². The van der Waals surface area contributed by atoms with Gasteiger partial charge in [-0.1, -0.05) is 42.5 Å². The molecular weight excluding hydrogens is 311 g/mol. The molecule has 0 saturated carbocycles. The van der Waals surface area contributed by atoms with Crippen LogP contribution in [0.5, 0.6) is 0 Å². The Morgan fingerprint density at radius 1 is 1.13 bits per heavy atom. The van der Waals surface area contributed by atoms with Crippen molar-refractivity contribution in [1.29, 1.82) is 0 Å². The van der Waals surface area contributed by atoms with E-state index in [9.17, 15) is 4.39 Å². The first-order valence-corrected chi connectivity index (χ1v) is 8.03. The average molecular weight is 332 g/mol. The molecule has 0 fully saturated rings. The van der Waals surface area contributed by atoms with Crippen molar-refractivity contribution < 1.29 is 9.13 Å². The topological polar surface area (TPSA) is 33.3 Å². The summed E-state index contributed by atoms with van der Waals surface area (Å²) >= 11 is 5.14. The van der Waals surface area contributed by atoms with Gasteiger partial charge in [-0.3, -0.25) is 0 Å². The third-order valence-electron chi connectivity index (χ3n) is 3.37. The molecule has 5 heteroatoms. The molecule has 23 heavy (non-hydrogen) atoms. The van der Waals surface area contributed by atoms with Gasteiger partial charge in [-0.2, -0.15) is 0 Å². The van der Waals surface area contributed by atoms with Crippen LogP contribution in [0.25, 0.3) is 0 Å². The highest BCUT2D eigenvalue weighted by Crippen LogP contribution is 2.15. The Morgan fingerprint density at radius 2 is 1.83 bits per heavy atom. The smallest absolute Gasteiger partial charge is 0.170 e. The van der Waals surface area contributed by atoms with Crippen LogP contribution < -0.4 is 10.6 Å². The van der Waals surface area contributed by atoms with Crippen molar-refractivity contribution in [1.82, 2.24) is 5.32 Å². The van der Waals surface area contributed by atoms with Crippen molar-refractivity contribution in [2.45, 2.75) is 19.4 Å². The van der Waals surface area contributed by atoms with E-state index in [0.29, 0.717) is 24.0 Å². The second-order valence-corrected chi connectivity index (χ2v) is 5.55. The molecule has 0 aliphatic heterocycles. The summed E-state index contributed by atoms with van der Waals surface area (Å²) in [5.74, 6) is -0.323. The Labute approximate surface area is 141 Å². The minimum Gasteiger partial charge on any atom is -0.374 e. The Kier molecular flexibility index (Phi) is 6.97. The molecule has 0 radical (unpaired) electrons. The molecule has 0 aliphatic carbocycles. The maximum absolute atomic E-state index is 13.5. The minimum absolute atomic E-state index is 0.0692. The van der Waals surface area contributed by atoms with Crippen molar-refractivity contribution in [3.8, 4) is 0 Å². The predicted octanol–water partition coefficient (Wildman–Crippen LogP) is 4.28. The number of hydrogen-bond acceptors (Lipinski definition) is 2. The highest BCUT2D eigenvalue weighted by Gasteiger charge is 2.05. The molecule has 122 valence electrons. The third-order valence-corrected chi connectivity index (χ3v) is 3.61. The Morgan fingerprint density at radius 3 is 2.57 bits per heavy atom. The van der Waals surface area contributed by atoms with Gasteiger partial charge >= 0.3 is 0 Å². The molecular formula is C18H21FN2OS. The van der Waals surface area contributed by atoms with Crippen LogP contribution in [0, 0.1) is 5.82 Å². The van der Waals surface area contributed by atoms with Gasteiger partial charge in [-0.05, 0) is 43.3 Å². The number of benzene rings is 2. The lowest BCUT2D eigenvalue weighted by molar-refractivity contribution is 0.0646. The van der Waals surface area contributed by atoms with Crippen LogP contribution >= 0.6 is 12.2 Å². The summed E-state index contributed by atoms with van der Waals surface area (Å²) in [5.41, 5.74) is 1.54. The monoisotopic (exact) mass is 332 g/mol. The first-order valence-electron chi connectivity index (χ1n) is 7.63. The molecule has 2 N–H and O–H groups in total. The van der Waals surface area contributed by atoms with E-state index in [-0.39, 0.29) is 11.9 Å². The highest BCUT2D eigenvalue weighted by molar-refractivity contribution is 7.80. The average Bonchev–Trinajstić information content (AvgIpc) is 2.57. The van der Waals surface area contributed by atoms with E-state index in [2.05, 4.69) is 22.8 Å². The number of halogens is 1. The summed E-state index contributed by atoms with van der Waals surface area (Å²) in [5, 5.41) is 6.29. The van der Waals surface area contributed by atoms with E-state index in [1.807, 2.05) is 25.1 Å². The zero-order chi connectivity index (χ0) is 16.5. The lowest BCUT2D eigenvalue weighted by Crippen LogP contribution is -2.30. The van der Waals surface area contributed by atoms with Crippen LogP contribution in [-0.2, 0) is 4.74 Å². The molecule has 0 aromatic heterocycles. The number of para-hydroxylation sites is 1. The first-order chi connectivity index (χ1) is 11.2. The van der Waals surface area contributed by atoms with E-state index >= 15 is 0 Å². The number of hydrogen-bond donors (Lipinski definition) is 2. The maximum Gasteiger partial charge on any atom is 0.170 e. The lowest BCUT2D eigenvalue weighted by atomic mass is 10.1. The fourth-order valence-electron chi connectivity index (χ4n) is 2.08. The lowest BCUT2D eigenvalue weighted by Gasteiger charge is -2.14. The fourth-order valence-corrected chi connectivity index (χ4v) is 2.30. The van der Waals surface area contributed by atoms with Crippen molar-refractivity contribution in [2.24, 2.45) is 0 Å². The fraction of sp³-hybridized carbons (Fsp3) is 0.278. The Balaban J connectivity index is 1.62. The second kappa shape index (κ2) is 9.22. The standard InChI is InChI=1S/C18H21FN2OS/c1-14(15-8-3-2-4-9-15)22-13-7-12-20-18(23)21-17-11-6-5-10-16(17)19/h2-6,8-11,14H,7,12-13H2,1H3,(H2,20,21,23)/t14-/m0/s1. The van der Waals surface area contributed by atoms with Crippen LogP contribution in [0.4, 0.5) is 10.1 Å². The largest absolute Gasteiger partial charge is 0.374 e. The van der Waals surface area contributed by atoms with Crippen molar-refractivity contribution in [3.05, 3.63) is 66.0 Å². The molecule has 2 rings (SSSR count). The SMILES string of the molecule is C[C@H](OCCCNC(=S)Nc1ccccc1F)c1ccccc1. The first kappa shape index (κ1) is 17.4. The number of thiocarbonyl (C=S) groups is 1. The highest BCUT2D eigenvalue weighted by atomic mass is 32.1. The molecule has 0 saturated heterocycles. The molecule has 0 aliphatic rings. The molecule has 0 bridgehead atoms. The maximum atomic E-state index is 13.5. The van der Waals surface area contributed by atoms with Gasteiger partial charge in [0.1, 0.15) is 5.82 Å². The van der Waals surface area contributed by atoms with E-state index < -0.39 is 0 Å². The number of anilines is 1. The molecule has 2 aromatic carbocycles. The van der Waals surface area contributed by atoms with Crippen molar-refractivity contribution in [2.75, 3.05) is 18.5 Å². The molecule has 2 aromatic rings. The van der Waals surface area contributed by atoms with E-state index in [0.717, 1.165) is 12.0 Å². The van der Waals surface area contributed by atoms with Gasteiger partial charge in [-0.25, -0.2) is 4.39 Å². The normalized spacial score (nSPS) is 11.7. The zero-order valence-electron chi connectivity index (χ0n) is 13.1. The summed E-state index contributed by atoms with van der Waals surface area (Å²) in [6.07, 6.45) is 0.885. The third kappa shape index (κ3) is 5.96. The summed E-state index contributed by atoms with van der Waals surface area (Å²) < 4.78 is 19.3. The predicted molar refractivity (Wildman–Crippen MR) is 96.0 cm³/mol. The van der Waals surface area contributed by atoms with Crippen molar-refractivity contribution >= 4 is 23.0 Å². The van der Waals surface area contributed by atoms with Crippen LogP contribution in [0.3, 0.4) is 0 Å². The Hall–Kier alpha value is -1.98. The Bertz CT molecular complexity index is 621.